The van der Waals surface area contributed by atoms with E-state index in [-0.39, 0.29) is 0 Å². The van der Waals surface area contributed by atoms with Crippen molar-refractivity contribution in [1.82, 2.24) is 0 Å². The van der Waals surface area contributed by atoms with Crippen LogP contribution in [0, 0.1) is 61.2 Å². The summed E-state index contributed by atoms with van der Waals surface area (Å²) in [6.07, 6.45) is 26.6. The van der Waals surface area contributed by atoms with Crippen LogP contribution in [0.15, 0.2) is 109 Å². The third kappa shape index (κ3) is 4.26. The molecule has 6 rings (SSSR count). The van der Waals surface area contributed by atoms with E-state index >= 15 is 0 Å². The molecule has 2 saturated carbocycles. The van der Waals surface area contributed by atoms with Crippen LogP contribution in [0.4, 0.5) is 0 Å². The van der Waals surface area contributed by atoms with Gasteiger partial charge < -0.3 is 0 Å². The van der Waals surface area contributed by atoms with Crippen molar-refractivity contribution in [3.8, 4) is 0 Å². The molecule has 0 amide bonds. The summed E-state index contributed by atoms with van der Waals surface area (Å²) in [7, 11) is 9.78. The molecule has 0 aliphatic heterocycles. The predicted octanol–water partition coefficient (Wildman–Crippen LogP) is 7.89. The van der Waals surface area contributed by atoms with Crippen LogP contribution in [-0.2, 0) is 22.4 Å². The fraction of sp³-hybridized carbons (Fsp3) is 0.0323. The molecular weight excluding hydrogens is 491 g/mol. The van der Waals surface area contributed by atoms with E-state index in [1.54, 1.807) is 0 Å². The van der Waals surface area contributed by atoms with Crippen LogP contribution in [0.3, 0.4) is 0 Å². The van der Waals surface area contributed by atoms with Crippen molar-refractivity contribution in [1.29, 1.82) is 0 Å². The first kappa shape index (κ1) is 24.4. The van der Waals surface area contributed by atoms with Gasteiger partial charge in [0, 0.05) is 35.0 Å². The van der Waals surface area contributed by atoms with Gasteiger partial charge in [0.15, 0.2) is 0 Å². The third-order valence-corrected chi connectivity index (χ3v) is 6.57. The summed E-state index contributed by atoms with van der Waals surface area (Å²) in [6.45, 7) is 0. The van der Waals surface area contributed by atoms with Gasteiger partial charge in [-0.15, -0.1) is 0 Å². The molecule has 2 fully saturated rings. The van der Waals surface area contributed by atoms with Crippen LogP contribution in [-0.4, -0.2) is 0 Å². The van der Waals surface area contributed by atoms with E-state index in [0.717, 1.165) is 0 Å². The molecule has 2 aromatic rings. The van der Waals surface area contributed by atoms with Crippen molar-refractivity contribution >= 4 is 18.6 Å². The summed E-state index contributed by atoms with van der Waals surface area (Å²) < 4.78 is 0. The molecule has 0 unspecified atom stereocenters. The molecule has 3 heteroatoms. The van der Waals surface area contributed by atoms with Crippen LogP contribution in [0.25, 0.3) is 0 Å². The van der Waals surface area contributed by atoms with E-state index in [9.17, 15) is 0 Å². The summed E-state index contributed by atoms with van der Waals surface area (Å²) in [6, 6.07) is 21.9. The molecule has 0 aromatic heterocycles. The molecule has 0 heterocycles. The van der Waals surface area contributed by atoms with E-state index in [2.05, 4.69) is 135 Å². The van der Waals surface area contributed by atoms with Gasteiger partial charge in [0.25, 0.3) is 0 Å². The monoisotopic (exact) mass is 512 g/mol. The van der Waals surface area contributed by atoms with Crippen molar-refractivity contribution in [3.05, 3.63) is 182 Å². The Labute approximate surface area is 221 Å². The van der Waals surface area contributed by atoms with Gasteiger partial charge in [-0.25, -0.2) is 0 Å². The second-order valence-corrected chi connectivity index (χ2v) is 10.8. The first-order chi connectivity index (χ1) is 16.8. The van der Waals surface area contributed by atoms with Gasteiger partial charge in [-0.1, -0.05) is 109 Å². The Kier molecular flexibility index (Phi) is 8.02. The molecule has 0 nitrogen and oxygen atoms in total. The summed E-state index contributed by atoms with van der Waals surface area (Å²) in [5, 5.41) is 0. The second kappa shape index (κ2) is 11.2. The van der Waals surface area contributed by atoms with E-state index in [4.69, 9.17) is 18.6 Å². The number of rotatable bonds is 4. The molecular formula is C31H22Cl2Ti. The standard InChI is InChI=1S/C31H22.2ClH.Ti/c1-3-13-23(14-4-1)31(25-17-7-8-18-25,24-15-5-2-6-16-24)30-28-21-11-9-19-26(28)27-20-10-12-22-29(27)30;;;/h1-22H;2*1H;/q;;;+2/p-2. The summed E-state index contributed by atoms with van der Waals surface area (Å²) >= 11 is -0.556. The number of halogens is 2. The molecule has 0 N–H and O–H groups in total. The van der Waals surface area contributed by atoms with Crippen molar-refractivity contribution < 1.29 is 17.0 Å². The molecule has 0 bridgehead atoms. The molecule has 164 valence electrons. The van der Waals surface area contributed by atoms with Crippen LogP contribution in [0.5, 0.6) is 0 Å². The van der Waals surface area contributed by atoms with E-state index in [0.29, 0.717) is 0 Å². The van der Waals surface area contributed by atoms with Gasteiger partial charge in [0.2, 0.25) is 0 Å². The number of allylic oxidation sites excluding steroid dienone is 8. The van der Waals surface area contributed by atoms with Gasteiger partial charge in [0.1, 0.15) is 0 Å². The molecule has 0 saturated heterocycles. The molecule has 4 aliphatic rings. The number of hydrogen-bond acceptors (Lipinski definition) is 0. The van der Waals surface area contributed by atoms with Gasteiger partial charge in [-0.05, 0) is 42.7 Å². The average molecular weight is 513 g/mol. The van der Waals surface area contributed by atoms with E-state index in [1.165, 1.54) is 46.6 Å². The van der Waals surface area contributed by atoms with Crippen LogP contribution in [0.1, 0.15) is 11.1 Å². The quantitative estimate of drug-likeness (QED) is 0.365. The Balaban J connectivity index is 0.000000764. The van der Waals surface area contributed by atoms with Crippen LogP contribution < -0.4 is 0 Å². The fourth-order valence-electron chi connectivity index (χ4n) is 5.35. The van der Waals surface area contributed by atoms with E-state index in [1.807, 2.05) is 0 Å². The van der Waals surface area contributed by atoms with Gasteiger partial charge >= 0.3 is 35.6 Å². The van der Waals surface area contributed by atoms with E-state index < -0.39 is 22.4 Å². The van der Waals surface area contributed by atoms with Crippen LogP contribution in [0.2, 0.25) is 0 Å². The van der Waals surface area contributed by atoms with Crippen LogP contribution >= 0.6 is 18.6 Å². The Hall–Kier alpha value is -1.31. The summed E-state index contributed by atoms with van der Waals surface area (Å²) in [5.74, 6) is 7.93. The topological polar surface area (TPSA) is 0 Å². The number of fused-ring (bicyclic) bond motifs is 3. The third-order valence-electron chi connectivity index (χ3n) is 6.57. The van der Waals surface area contributed by atoms with Crippen molar-refractivity contribution in [2.75, 3.05) is 0 Å². The SMILES string of the molecule is [CH]1[CH][CH][C](C([C]2[C]3C=CC=C[C]3[C]3C=CC=C[C]32)(c2ccccc2)c2ccccc2)[CH]1.[Cl][Ti][Cl]. The molecule has 0 atom stereocenters. The molecule has 0 spiro atoms. The van der Waals surface area contributed by atoms with Gasteiger partial charge in [0.05, 0.1) is 0 Å². The maximum atomic E-state index is 4.89. The Morgan fingerprint density at radius 1 is 0.529 bits per heavy atom. The minimum atomic E-state index is -0.556. The normalized spacial score (nSPS) is 21.4. The zero-order valence-electron chi connectivity index (χ0n) is 18.5. The fourth-order valence-corrected chi connectivity index (χ4v) is 5.35. The maximum absolute atomic E-state index is 4.89. The predicted molar refractivity (Wildman–Crippen MR) is 139 cm³/mol. The minimum absolute atomic E-state index is 0.408. The number of benzene rings is 2. The Bertz CT molecular complexity index is 976. The molecule has 2 aromatic carbocycles. The molecule has 10 radical (unpaired) electrons. The first-order valence-corrected chi connectivity index (χ1v) is 15.5. The van der Waals surface area contributed by atoms with Crippen molar-refractivity contribution in [3.63, 3.8) is 0 Å². The summed E-state index contributed by atoms with van der Waals surface area (Å²) in [4.78, 5) is 0. The van der Waals surface area contributed by atoms with Gasteiger partial charge in [-0.2, -0.15) is 0 Å². The van der Waals surface area contributed by atoms with Crippen molar-refractivity contribution in [2.45, 2.75) is 5.41 Å². The zero-order chi connectivity index (χ0) is 23.4. The van der Waals surface area contributed by atoms with Gasteiger partial charge in [-0.3, -0.25) is 0 Å². The van der Waals surface area contributed by atoms with Crippen molar-refractivity contribution in [2.24, 2.45) is 0 Å². The number of hydrogen-bond donors (Lipinski definition) is 0. The second-order valence-electron chi connectivity index (χ2n) is 8.19. The molecule has 4 aliphatic carbocycles. The molecule has 34 heavy (non-hydrogen) atoms. The summed E-state index contributed by atoms with van der Waals surface area (Å²) in [5.41, 5.74) is 2.16. The zero-order valence-corrected chi connectivity index (χ0v) is 21.5. The Morgan fingerprint density at radius 2 is 0.912 bits per heavy atom. The average Bonchev–Trinajstić information content (AvgIpc) is 3.55. The Morgan fingerprint density at radius 3 is 1.32 bits per heavy atom. The first-order valence-electron chi connectivity index (χ1n) is 11.2.